The van der Waals surface area contributed by atoms with Crippen LogP contribution in [-0.4, -0.2) is 0 Å². The molecule has 0 aliphatic heterocycles. The van der Waals surface area contributed by atoms with Crippen LogP contribution in [0.4, 0.5) is 4.39 Å². The number of aryl methyl sites for hydroxylation is 1. The summed E-state index contributed by atoms with van der Waals surface area (Å²) in [6, 6.07) is 4.86. The summed E-state index contributed by atoms with van der Waals surface area (Å²) in [4.78, 5) is 0. The van der Waals surface area contributed by atoms with E-state index in [1.54, 1.807) is 12.3 Å². The highest BCUT2D eigenvalue weighted by Gasteiger charge is 2.26. The van der Waals surface area contributed by atoms with Crippen LogP contribution in [0.2, 0.25) is 10.0 Å². The third kappa shape index (κ3) is 2.83. The normalized spacial score (nSPS) is 19.3. The van der Waals surface area contributed by atoms with E-state index in [1.165, 1.54) is 11.6 Å². The molecule has 2 aromatic rings. The van der Waals surface area contributed by atoms with Crippen molar-refractivity contribution in [2.45, 2.75) is 38.3 Å². The summed E-state index contributed by atoms with van der Waals surface area (Å²) < 4.78 is 19.1. The van der Waals surface area contributed by atoms with Crippen LogP contribution >= 0.6 is 23.2 Å². The van der Waals surface area contributed by atoms with Gasteiger partial charge in [0, 0.05) is 34.7 Å². The maximum absolute atomic E-state index is 13.7. The molecule has 1 aliphatic rings. The van der Waals surface area contributed by atoms with Crippen LogP contribution in [0.3, 0.4) is 0 Å². The Morgan fingerprint density at radius 1 is 1.33 bits per heavy atom. The average molecular weight is 328 g/mol. The van der Waals surface area contributed by atoms with E-state index in [4.69, 9.17) is 27.6 Å². The number of rotatable bonds is 3. The van der Waals surface area contributed by atoms with Crippen LogP contribution < -0.4 is 5.32 Å². The van der Waals surface area contributed by atoms with Gasteiger partial charge in [0.25, 0.3) is 0 Å². The van der Waals surface area contributed by atoms with Crippen LogP contribution in [0, 0.1) is 5.82 Å². The van der Waals surface area contributed by atoms with E-state index in [1.807, 2.05) is 13.0 Å². The largest absolute Gasteiger partial charge is 0.469 e. The van der Waals surface area contributed by atoms with Gasteiger partial charge in [-0.15, -0.1) is 0 Å². The van der Waals surface area contributed by atoms with Crippen molar-refractivity contribution in [3.63, 3.8) is 0 Å². The van der Waals surface area contributed by atoms with Crippen LogP contribution in [0.25, 0.3) is 0 Å². The van der Waals surface area contributed by atoms with Crippen molar-refractivity contribution in [3.8, 4) is 0 Å². The number of hydrogen-bond donors (Lipinski definition) is 1. The second kappa shape index (κ2) is 5.99. The fourth-order valence-corrected chi connectivity index (χ4v) is 3.68. The quantitative estimate of drug-likeness (QED) is 0.758. The number of fused-ring (bicyclic) bond motifs is 1. The minimum absolute atomic E-state index is 0.0886. The highest BCUT2D eigenvalue weighted by molar-refractivity contribution is 6.36. The van der Waals surface area contributed by atoms with Crippen LogP contribution in [-0.2, 0) is 6.42 Å². The molecule has 1 N–H and O–H groups in total. The molecule has 2 atom stereocenters. The molecule has 1 aliphatic carbocycles. The Morgan fingerprint density at radius 3 is 2.95 bits per heavy atom. The standard InChI is InChI=1S/C16H16Cl2FNO/c1-9(15-11(17)5-6-12(19)16(15)18)20-13-3-2-4-14-10(13)7-8-21-14/h5-9,13,20H,2-4H2,1H3. The molecule has 0 fully saturated rings. The molecule has 3 rings (SSSR count). The molecular weight excluding hydrogens is 312 g/mol. The van der Waals surface area contributed by atoms with E-state index in [-0.39, 0.29) is 17.1 Å². The summed E-state index contributed by atoms with van der Waals surface area (Å²) in [7, 11) is 0. The lowest BCUT2D eigenvalue weighted by Crippen LogP contribution is -2.27. The lowest BCUT2D eigenvalue weighted by atomic mass is 9.92. The molecule has 0 saturated carbocycles. The first-order valence-corrected chi connectivity index (χ1v) is 7.79. The van der Waals surface area contributed by atoms with E-state index in [0.717, 1.165) is 25.0 Å². The van der Waals surface area contributed by atoms with Gasteiger partial charge >= 0.3 is 0 Å². The fourth-order valence-electron chi connectivity index (χ4n) is 2.98. The molecule has 1 heterocycles. The second-order valence-electron chi connectivity index (χ2n) is 5.39. The van der Waals surface area contributed by atoms with Crippen molar-refractivity contribution in [1.29, 1.82) is 0 Å². The Balaban J connectivity index is 1.86. The molecule has 5 heteroatoms. The topological polar surface area (TPSA) is 25.2 Å². The molecule has 1 aromatic heterocycles. The summed E-state index contributed by atoms with van der Waals surface area (Å²) in [6.07, 6.45) is 4.77. The van der Waals surface area contributed by atoms with E-state index in [0.29, 0.717) is 10.6 Å². The first kappa shape index (κ1) is 14.9. The van der Waals surface area contributed by atoms with Gasteiger partial charge in [0.1, 0.15) is 11.6 Å². The lowest BCUT2D eigenvalue weighted by Gasteiger charge is -2.27. The maximum Gasteiger partial charge on any atom is 0.142 e. The predicted molar refractivity (Wildman–Crippen MR) is 82.4 cm³/mol. The van der Waals surface area contributed by atoms with Crippen molar-refractivity contribution in [1.82, 2.24) is 5.32 Å². The van der Waals surface area contributed by atoms with E-state index in [9.17, 15) is 4.39 Å². The van der Waals surface area contributed by atoms with Gasteiger partial charge in [0.15, 0.2) is 0 Å². The third-order valence-corrected chi connectivity index (χ3v) is 4.73. The molecule has 21 heavy (non-hydrogen) atoms. The Kier molecular flexibility index (Phi) is 4.25. The summed E-state index contributed by atoms with van der Waals surface area (Å²) in [5, 5.41) is 4.06. The van der Waals surface area contributed by atoms with Crippen molar-refractivity contribution in [2.75, 3.05) is 0 Å². The molecular formula is C16H16Cl2FNO. The fraction of sp³-hybridized carbons (Fsp3) is 0.375. The average Bonchev–Trinajstić information content (AvgIpc) is 2.93. The van der Waals surface area contributed by atoms with Gasteiger partial charge in [0.05, 0.1) is 11.3 Å². The summed E-state index contributed by atoms with van der Waals surface area (Å²) >= 11 is 12.3. The number of halogens is 3. The minimum Gasteiger partial charge on any atom is -0.469 e. The zero-order chi connectivity index (χ0) is 15.0. The Bertz CT molecular complexity index is 656. The first-order chi connectivity index (χ1) is 10.1. The first-order valence-electron chi connectivity index (χ1n) is 7.03. The van der Waals surface area contributed by atoms with Gasteiger partial charge in [-0.05, 0) is 38.0 Å². The molecule has 112 valence electrons. The van der Waals surface area contributed by atoms with Crippen LogP contribution in [0.1, 0.15) is 48.7 Å². The number of furan rings is 1. The van der Waals surface area contributed by atoms with Gasteiger partial charge in [-0.2, -0.15) is 0 Å². The molecule has 2 nitrogen and oxygen atoms in total. The second-order valence-corrected chi connectivity index (χ2v) is 6.17. The van der Waals surface area contributed by atoms with E-state index >= 15 is 0 Å². The van der Waals surface area contributed by atoms with Gasteiger partial charge in [-0.3, -0.25) is 0 Å². The molecule has 0 amide bonds. The van der Waals surface area contributed by atoms with Crippen molar-refractivity contribution < 1.29 is 8.81 Å². The molecule has 0 saturated heterocycles. The number of nitrogens with one attached hydrogen (secondary N) is 1. The monoisotopic (exact) mass is 327 g/mol. The van der Waals surface area contributed by atoms with Crippen molar-refractivity contribution >= 4 is 23.2 Å². The Morgan fingerprint density at radius 2 is 2.14 bits per heavy atom. The lowest BCUT2D eigenvalue weighted by molar-refractivity contribution is 0.385. The van der Waals surface area contributed by atoms with Crippen molar-refractivity contribution in [2.24, 2.45) is 0 Å². The molecule has 0 bridgehead atoms. The maximum atomic E-state index is 13.7. The summed E-state index contributed by atoms with van der Waals surface area (Å²) in [5.74, 6) is 0.583. The highest BCUT2D eigenvalue weighted by Crippen LogP contribution is 2.36. The summed E-state index contributed by atoms with van der Waals surface area (Å²) in [6.45, 7) is 1.95. The number of hydrogen-bond acceptors (Lipinski definition) is 2. The van der Waals surface area contributed by atoms with Crippen LogP contribution in [0.5, 0.6) is 0 Å². The van der Waals surface area contributed by atoms with E-state index in [2.05, 4.69) is 5.32 Å². The highest BCUT2D eigenvalue weighted by atomic mass is 35.5. The third-order valence-electron chi connectivity index (χ3n) is 4.02. The van der Waals surface area contributed by atoms with Gasteiger partial charge in [-0.1, -0.05) is 23.2 Å². The molecule has 1 aromatic carbocycles. The van der Waals surface area contributed by atoms with Gasteiger partial charge in [-0.25, -0.2) is 4.39 Å². The van der Waals surface area contributed by atoms with Crippen LogP contribution in [0.15, 0.2) is 28.9 Å². The number of benzene rings is 1. The van der Waals surface area contributed by atoms with Gasteiger partial charge in [0.2, 0.25) is 0 Å². The molecule has 0 spiro atoms. The zero-order valence-electron chi connectivity index (χ0n) is 11.6. The Labute approximate surface area is 133 Å². The zero-order valence-corrected chi connectivity index (χ0v) is 13.1. The van der Waals surface area contributed by atoms with Crippen molar-refractivity contribution in [3.05, 3.63) is 57.2 Å². The summed E-state index contributed by atoms with van der Waals surface area (Å²) in [5.41, 5.74) is 1.78. The van der Waals surface area contributed by atoms with E-state index < -0.39 is 5.82 Å². The SMILES string of the molecule is CC(NC1CCCc2occc21)c1c(Cl)ccc(F)c1Cl. The minimum atomic E-state index is -0.447. The molecule has 0 radical (unpaired) electrons. The molecule has 2 unspecified atom stereocenters. The van der Waals surface area contributed by atoms with Gasteiger partial charge < -0.3 is 9.73 Å². The Hall–Kier alpha value is -1.03. The smallest absolute Gasteiger partial charge is 0.142 e. The predicted octanol–water partition coefficient (Wildman–Crippen LogP) is 5.45.